The molecule has 0 bridgehead atoms. The summed E-state index contributed by atoms with van der Waals surface area (Å²) in [6, 6.07) is 6.41. The number of hydrogen-bond donors (Lipinski definition) is 1. The van der Waals surface area contributed by atoms with Crippen LogP contribution in [-0.4, -0.2) is 45.4 Å². The summed E-state index contributed by atoms with van der Waals surface area (Å²) in [5.74, 6) is 0. The number of nitrogens with one attached hydrogen (secondary N) is 1. The predicted octanol–water partition coefficient (Wildman–Crippen LogP) is 6.21. The molecule has 4 rings (SSSR count). The van der Waals surface area contributed by atoms with Crippen molar-refractivity contribution in [1.29, 1.82) is 0 Å². The van der Waals surface area contributed by atoms with Gasteiger partial charge in [0.1, 0.15) is 11.3 Å². The number of anilines is 1. The van der Waals surface area contributed by atoms with Gasteiger partial charge in [0.05, 0.1) is 16.8 Å². The fraction of sp³-hybridized carbons (Fsp3) is 0.450. The fourth-order valence-corrected chi connectivity index (χ4v) is 6.40. The lowest BCUT2D eigenvalue weighted by Gasteiger charge is -2.32. The standard InChI is InChI=1S/C20H24BrIN5O2PS/c1-20(2,3)29-19(28)24-13-6-8-26(9-7-13)18-23-11-16(31-18)17-14-10-12(21)4-5-15(14)27(25-17)30-22/h4-5,10-11,13,30H,6-9H2,1-3H3,(H,24,28). The Bertz CT molecular complexity index is 1090. The van der Waals surface area contributed by atoms with E-state index in [0.29, 0.717) is 6.37 Å². The molecule has 3 heterocycles. The van der Waals surface area contributed by atoms with Crippen molar-refractivity contribution in [2.24, 2.45) is 0 Å². The van der Waals surface area contributed by atoms with Gasteiger partial charge in [-0.1, -0.05) is 27.3 Å². The van der Waals surface area contributed by atoms with E-state index in [-0.39, 0.29) is 12.1 Å². The second-order valence-corrected chi connectivity index (χ2v) is 12.4. The Morgan fingerprint density at radius 3 is 2.77 bits per heavy atom. The number of carbonyl (C=O) groups excluding carboxylic acids is 1. The average Bonchev–Trinajstić information content (AvgIpc) is 3.31. The van der Waals surface area contributed by atoms with E-state index in [0.717, 1.165) is 57.0 Å². The van der Waals surface area contributed by atoms with Crippen LogP contribution in [0.2, 0.25) is 0 Å². The smallest absolute Gasteiger partial charge is 0.407 e. The second-order valence-electron chi connectivity index (χ2n) is 8.42. The number of benzene rings is 1. The van der Waals surface area contributed by atoms with E-state index in [1.165, 1.54) is 0 Å². The molecule has 0 saturated carbocycles. The Hall–Kier alpha value is -0.970. The maximum atomic E-state index is 12.0. The van der Waals surface area contributed by atoms with E-state index < -0.39 is 5.60 Å². The van der Waals surface area contributed by atoms with Crippen molar-refractivity contribution < 1.29 is 9.53 Å². The summed E-state index contributed by atoms with van der Waals surface area (Å²) in [4.78, 5) is 20.1. The van der Waals surface area contributed by atoms with E-state index in [2.05, 4.69) is 71.4 Å². The van der Waals surface area contributed by atoms with Gasteiger partial charge in [-0.3, -0.25) is 0 Å². The van der Waals surface area contributed by atoms with Crippen LogP contribution in [0.4, 0.5) is 9.93 Å². The predicted molar refractivity (Wildman–Crippen MR) is 141 cm³/mol. The monoisotopic (exact) mass is 635 g/mol. The molecule has 0 spiro atoms. The lowest BCUT2D eigenvalue weighted by Crippen LogP contribution is -2.46. The SMILES string of the molecule is CC(C)(C)OC(=O)NC1CCN(c2ncc(-c3nn(PI)c4ccc(Br)cc34)s2)CC1. The molecule has 166 valence electrons. The fourth-order valence-electron chi connectivity index (χ4n) is 3.55. The molecule has 1 atom stereocenters. The number of alkyl carbamates (subject to hydrolysis) is 1. The summed E-state index contributed by atoms with van der Waals surface area (Å²) in [7, 11) is 0. The van der Waals surface area contributed by atoms with Gasteiger partial charge in [-0.2, -0.15) is 5.10 Å². The summed E-state index contributed by atoms with van der Waals surface area (Å²) in [6.07, 6.45) is 3.86. The van der Waals surface area contributed by atoms with Gasteiger partial charge in [-0.25, -0.2) is 14.2 Å². The highest BCUT2D eigenvalue weighted by Gasteiger charge is 2.25. The van der Waals surface area contributed by atoms with Crippen molar-refractivity contribution in [3.05, 3.63) is 28.9 Å². The Morgan fingerprint density at radius 2 is 2.10 bits per heavy atom. The first-order valence-corrected chi connectivity index (χ1v) is 15.7. The highest BCUT2D eigenvalue weighted by atomic mass is 127. The van der Waals surface area contributed by atoms with Crippen molar-refractivity contribution >= 4 is 77.8 Å². The first-order chi connectivity index (χ1) is 14.7. The third kappa shape index (κ3) is 5.51. The van der Waals surface area contributed by atoms with Gasteiger partial charge < -0.3 is 15.0 Å². The van der Waals surface area contributed by atoms with Gasteiger partial charge in [0.25, 0.3) is 0 Å². The third-order valence-corrected chi connectivity index (χ3v) is 8.37. The molecular formula is C20H24BrIN5O2PS. The van der Waals surface area contributed by atoms with E-state index in [1.54, 1.807) is 11.3 Å². The highest BCUT2D eigenvalue weighted by molar-refractivity contribution is 14.2. The molecule has 0 aliphatic carbocycles. The number of amides is 1. The van der Waals surface area contributed by atoms with Gasteiger partial charge in [0.15, 0.2) is 5.13 Å². The lowest BCUT2D eigenvalue weighted by atomic mass is 10.1. The van der Waals surface area contributed by atoms with Gasteiger partial charge in [-0.15, -0.1) is 0 Å². The largest absolute Gasteiger partial charge is 0.444 e. The Morgan fingerprint density at radius 1 is 1.35 bits per heavy atom. The summed E-state index contributed by atoms with van der Waals surface area (Å²) < 4.78 is 8.46. The van der Waals surface area contributed by atoms with E-state index in [1.807, 2.05) is 31.4 Å². The van der Waals surface area contributed by atoms with Crippen LogP contribution >= 0.6 is 55.7 Å². The van der Waals surface area contributed by atoms with Gasteiger partial charge in [-0.05, 0) is 73.9 Å². The molecular weight excluding hydrogens is 612 g/mol. The van der Waals surface area contributed by atoms with Crippen LogP contribution in [0.25, 0.3) is 21.5 Å². The summed E-state index contributed by atoms with van der Waals surface area (Å²) in [5.41, 5.74) is 1.63. The molecule has 0 radical (unpaired) electrons. The van der Waals surface area contributed by atoms with Gasteiger partial charge in [0, 0.05) is 35.2 Å². The number of rotatable bonds is 4. The minimum Gasteiger partial charge on any atom is -0.444 e. The molecule has 2 aromatic heterocycles. The quantitative estimate of drug-likeness (QED) is 0.273. The molecule has 11 heteroatoms. The topological polar surface area (TPSA) is 72.3 Å². The molecule has 1 fully saturated rings. The number of carbonyl (C=O) groups is 1. The molecule has 3 aromatic rings. The van der Waals surface area contributed by atoms with Crippen molar-refractivity contribution in [1.82, 2.24) is 19.9 Å². The Balaban J connectivity index is 1.44. The normalized spacial score (nSPS) is 15.8. The van der Waals surface area contributed by atoms with E-state index in [9.17, 15) is 4.79 Å². The zero-order chi connectivity index (χ0) is 22.2. The molecule has 1 amide bonds. The summed E-state index contributed by atoms with van der Waals surface area (Å²) >= 11 is 7.61. The lowest BCUT2D eigenvalue weighted by molar-refractivity contribution is 0.0497. The summed E-state index contributed by atoms with van der Waals surface area (Å²) in [6.45, 7) is 7.33. The van der Waals surface area contributed by atoms with Crippen LogP contribution in [0.3, 0.4) is 0 Å². The molecule has 7 nitrogen and oxygen atoms in total. The van der Waals surface area contributed by atoms with Crippen LogP contribution in [0, 0.1) is 0 Å². The van der Waals surface area contributed by atoms with Crippen molar-refractivity contribution in [3.63, 3.8) is 0 Å². The second kappa shape index (κ2) is 9.49. The Kier molecular flexibility index (Phi) is 7.10. The molecule has 1 aliphatic heterocycles. The minimum atomic E-state index is -0.480. The summed E-state index contributed by atoms with van der Waals surface area (Å²) in [5, 5.41) is 9.97. The number of nitrogens with zero attached hydrogens (tertiary/aromatic N) is 4. The minimum absolute atomic E-state index is 0.132. The average molecular weight is 636 g/mol. The van der Waals surface area contributed by atoms with E-state index >= 15 is 0 Å². The molecule has 1 unspecified atom stereocenters. The van der Waals surface area contributed by atoms with Crippen molar-refractivity contribution in [2.75, 3.05) is 18.0 Å². The van der Waals surface area contributed by atoms with Gasteiger partial charge >= 0.3 is 6.09 Å². The number of aromatic nitrogens is 3. The first kappa shape index (κ1) is 23.2. The highest BCUT2D eigenvalue weighted by Crippen LogP contribution is 2.39. The molecule has 31 heavy (non-hydrogen) atoms. The molecule has 1 saturated heterocycles. The maximum Gasteiger partial charge on any atom is 0.407 e. The molecule has 1 aromatic carbocycles. The number of hydrogen-bond acceptors (Lipinski definition) is 6. The van der Waals surface area contributed by atoms with E-state index in [4.69, 9.17) is 9.84 Å². The number of ether oxygens (including phenoxy) is 1. The van der Waals surface area contributed by atoms with Crippen LogP contribution < -0.4 is 10.2 Å². The zero-order valence-corrected chi connectivity index (χ0v) is 23.0. The van der Waals surface area contributed by atoms with Crippen LogP contribution in [0.15, 0.2) is 28.9 Å². The first-order valence-electron chi connectivity index (χ1n) is 9.99. The molecule has 1 N–H and O–H groups in total. The van der Waals surface area contributed by atoms with Crippen LogP contribution in [0.1, 0.15) is 33.6 Å². The zero-order valence-electron chi connectivity index (χ0n) is 17.5. The number of thiazole rings is 1. The number of halogens is 2. The van der Waals surface area contributed by atoms with Crippen LogP contribution in [0.5, 0.6) is 0 Å². The van der Waals surface area contributed by atoms with Crippen molar-refractivity contribution in [2.45, 2.75) is 45.3 Å². The Labute approximate surface area is 208 Å². The van der Waals surface area contributed by atoms with Crippen LogP contribution in [-0.2, 0) is 4.74 Å². The number of fused-ring (bicyclic) bond motifs is 1. The third-order valence-electron chi connectivity index (χ3n) is 4.94. The molecule has 1 aliphatic rings. The maximum absolute atomic E-state index is 12.0. The number of piperidine rings is 1. The van der Waals surface area contributed by atoms with Crippen molar-refractivity contribution in [3.8, 4) is 10.6 Å². The van der Waals surface area contributed by atoms with Gasteiger partial charge in [0.2, 0.25) is 0 Å².